The van der Waals surface area contributed by atoms with Crippen LogP contribution in [0.5, 0.6) is 5.75 Å². The molecule has 4 nitrogen and oxygen atoms in total. The second-order valence-corrected chi connectivity index (χ2v) is 4.94. The molecule has 0 spiro atoms. The molecule has 0 aliphatic heterocycles. The third-order valence-corrected chi connectivity index (χ3v) is 3.35. The molecule has 92 valence electrons. The summed E-state index contributed by atoms with van der Waals surface area (Å²) in [6.07, 6.45) is 3.33. The minimum absolute atomic E-state index is 0.0546. The van der Waals surface area contributed by atoms with Gasteiger partial charge in [-0.25, -0.2) is 0 Å². The summed E-state index contributed by atoms with van der Waals surface area (Å²) in [4.78, 5) is 11.8. The highest BCUT2D eigenvalue weighted by Gasteiger charge is 2.34. The lowest BCUT2D eigenvalue weighted by Crippen LogP contribution is -2.48. The minimum atomic E-state index is -0.297. The molecule has 0 heterocycles. The molecule has 0 unspecified atom stereocenters. The average molecular weight is 234 g/mol. The topological polar surface area (TPSA) is 75.3 Å². The monoisotopic (exact) mass is 234 g/mol. The third-order valence-electron chi connectivity index (χ3n) is 3.35. The summed E-state index contributed by atoms with van der Waals surface area (Å²) in [7, 11) is 0. The zero-order valence-electron chi connectivity index (χ0n) is 9.99. The molecule has 1 aliphatic carbocycles. The Bertz CT molecular complexity index is 439. The number of benzene rings is 1. The Hall–Kier alpha value is -1.55. The Morgan fingerprint density at radius 3 is 2.76 bits per heavy atom. The number of hydrogen-bond acceptors (Lipinski definition) is 3. The van der Waals surface area contributed by atoms with Crippen LogP contribution in [0, 0.1) is 6.92 Å². The fourth-order valence-corrected chi connectivity index (χ4v) is 2.11. The van der Waals surface area contributed by atoms with E-state index in [-0.39, 0.29) is 17.2 Å². The predicted molar refractivity (Wildman–Crippen MR) is 66.9 cm³/mol. The number of phenolic OH excluding ortho intramolecular Hbond substituents is 1. The predicted octanol–water partition coefficient (Wildman–Crippen LogP) is 1.91. The van der Waals surface area contributed by atoms with E-state index in [9.17, 15) is 9.90 Å². The number of anilines is 1. The van der Waals surface area contributed by atoms with Crippen LogP contribution < -0.4 is 11.1 Å². The van der Waals surface area contributed by atoms with Crippen molar-refractivity contribution >= 4 is 11.6 Å². The highest BCUT2D eigenvalue weighted by atomic mass is 16.3. The number of aryl methyl sites for hydroxylation is 1. The maximum atomic E-state index is 11.8. The summed E-state index contributed by atoms with van der Waals surface area (Å²) in [6.45, 7) is 1.84. The number of nitrogens with one attached hydrogen (secondary N) is 1. The molecule has 0 radical (unpaired) electrons. The number of carbonyl (C=O) groups excluding carboxylic acids is 1. The van der Waals surface area contributed by atoms with E-state index in [4.69, 9.17) is 5.73 Å². The fourth-order valence-electron chi connectivity index (χ4n) is 2.11. The Morgan fingerprint density at radius 1 is 1.53 bits per heavy atom. The van der Waals surface area contributed by atoms with Gasteiger partial charge < -0.3 is 16.2 Å². The Morgan fingerprint density at radius 2 is 2.24 bits per heavy atom. The third kappa shape index (κ3) is 2.77. The molecule has 4 N–H and O–H groups in total. The molecule has 1 saturated carbocycles. The number of phenols is 1. The summed E-state index contributed by atoms with van der Waals surface area (Å²) in [5.74, 6) is 0.149. The SMILES string of the molecule is Cc1cc(O)ccc1NC(=O)CC1(N)CCC1. The standard InChI is InChI=1S/C13H18N2O2/c1-9-7-10(16)3-4-11(9)15-12(17)8-13(14)5-2-6-13/h3-4,7,16H,2,5-6,8,14H2,1H3,(H,15,17). The van der Waals surface area contributed by atoms with Crippen LogP contribution in [-0.2, 0) is 4.79 Å². The summed E-state index contributed by atoms with van der Waals surface area (Å²) in [5.41, 5.74) is 7.30. The van der Waals surface area contributed by atoms with E-state index in [0.29, 0.717) is 6.42 Å². The van der Waals surface area contributed by atoms with E-state index in [1.807, 2.05) is 6.92 Å². The maximum absolute atomic E-state index is 11.8. The smallest absolute Gasteiger partial charge is 0.226 e. The lowest BCUT2D eigenvalue weighted by molar-refractivity contribution is -0.118. The molecule has 0 aromatic heterocycles. The van der Waals surface area contributed by atoms with E-state index >= 15 is 0 Å². The quantitative estimate of drug-likeness (QED) is 0.699. The normalized spacial score (nSPS) is 17.3. The van der Waals surface area contributed by atoms with E-state index in [0.717, 1.165) is 30.5 Å². The number of aromatic hydroxyl groups is 1. The van der Waals surface area contributed by atoms with Crippen molar-refractivity contribution in [3.05, 3.63) is 23.8 Å². The van der Waals surface area contributed by atoms with Gasteiger partial charge in [0.25, 0.3) is 0 Å². The van der Waals surface area contributed by atoms with Gasteiger partial charge in [-0.3, -0.25) is 4.79 Å². The molecular formula is C13H18N2O2. The molecule has 17 heavy (non-hydrogen) atoms. The van der Waals surface area contributed by atoms with Gasteiger partial charge in [0.1, 0.15) is 5.75 Å². The van der Waals surface area contributed by atoms with Gasteiger partial charge in [-0.2, -0.15) is 0 Å². The first kappa shape index (κ1) is 11.9. The zero-order valence-corrected chi connectivity index (χ0v) is 9.99. The van der Waals surface area contributed by atoms with Crippen LogP contribution in [0.3, 0.4) is 0 Å². The second kappa shape index (κ2) is 4.37. The number of nitrogens with two attached hydrogens (primary N) is 1. The second-order valence-electron chi connectivity index (χ2n) is 4.94. The van der Waals surface area contributed by atoms with Gasteiger partial charge in [0.2, 0.25) is 5.91 Å². The van der Waals surface area contributed by atoms with E-state index < -0.39 is 0 Å². The van der Waals surface area contributed by atoms with Crippen molar-refractivity contribution in [3.63, 3.8) is 0 Å². The van der Waals surface area contributed by atoms with Crippen molar-refractivity contribution in [2.75, 3.05) is 5.32 Å². The van der Waals surface area contributed by atoms with Gasteiger partial charge in [0.05, 0.1) is 0 Å². The number of amides is 1. The molecule has 4 heteroatoms. The first-order chi connectivity index (χ1) is 7.98. The van der Waals surface area contributed by atoms with Crippen molar-refractivity contribution in [2.45, 2.75) is 38.1 Å². The molecular weight excluding hydrogens is 216 g/mol. The highest BCUT2D eigenvalue weighted by Crippen LogP contribution is 2.32. The Balaban J connectivity index is 1.98. The van der Waals surface area contributed by atoms with Crippen LogP contribution in [0.15, 0.2) is 18.2 Å². The van der Waals surface area contributed by atoms with E-state index in [1.54, 1.807) is 18.2 Å². The highest BCUT2D eigenvalue weighted by molar-refractivity contribution is 5.92. The van der Waals surface area contributed by atoms with Crippen LogP contribution in [0.4, 0.5) is 5.69 Å². The fraction of sp³-hybridized carbons (Fsp3) is 0.462. The van der Waals surface area contributed by atoms with Gasteiger partial charge in [0.15, 0.2) is 0 Å². The van der Waals surface area contributed by atoms with Gasteiger partial charge in [-0.05, 0) is 49.9 Å². The molecule has 1 fully saturated rings. The summed E-state index contributed by atoms with van der Waals surface area (Å²) in [5, 5.41) is 12.1. The van der Waals surface area contributed by atoms with Crippen molar-refractivity contribution in [3.8, 4) is 5.75 Å². The largest absolute Gasteiger partial charge is 0.508 e. The lowest BCUT2D eigenvalue weighted by Gasteiger charge is -2.37. The van der Waals surface area contributed by atoms with Crippen LogP contribution in [0.2, 0.25) is 0 Å². The summed E-state index contributed by atoms with van der Waals surface area (Å²) >= 11 is 0. The first-order valence-electron chi connectivity index (χ1n) is 5.87. The van der Waals surface area contributed by atoms with Crippen molar-refractivity contribution in [1.82, 2.24) is 0 Å². The number of carbonyl (C=O) groups is 1. The zero-order chi connectivity index (χ0) is 12.5. The number of rotatable bonds is 3. The molecule has 1 aromatic rings. The first-order valence-corrected chi connectivity index (χ1v) is 5.87. The molecule has 1 amide bonds. The molecule has 0 atom stereocenters. The van der Waals surface area contributed by atoms with Crippen LogP contribution in [0.25, 0.3) is 0 Å². The lowest BCUT2D eigenvalue weighted by atomic mass is 9.75. The van der Waals surface area contributed by atoms with E-state index in [1.165, 1.54) is 0 Å². The summed E-state index contributed by atoms with van der Waals surface area (Å²) < 4.78 is 0. The van der Waals surface area contributed by atoms with Crippen molar-refractivity contribution in [2.24, 2.45) is 5.73 Å². The molecule has 2 rings (SSSR count). The van der Waals surface area contributed by atoms with Crippen molar-refractivity contribution < 1.29 is 9.90 Å². The molecule has 0 bridgehead atoms. The van der Waals surface area contributed by atoms with Crippen molar-refractivity contribution in [1.29, 1.82) is 0 Å². The van der Waals surface area contributed by atoms with Gasteiger partial charge in [0, 0.05) is 17.6 Å². The average Bonchev–Trinajstić information content (AvgIpc) is 2.20. The van der Waals surface area contributed by atoms with E-state index in [2.05, 4.69) is 5.32 Å². The van der Waals surface area contributed by atoms with Gasteiger partial charge in [-0.1, -0.05) is 0 Å². The number of hydrogen-bond donors (Lipinski definition) is 3. The molecule has 1 aliphatic rings. The molecule has 0 saturated heterocycles. The maximum Gasteiger partial charge on any atom is 0.226 e. The minimum Gasteiger partial charge on any atom is -0.508 e. The van der Waals surface area contributed by atoms with Gasteiger partial charge in [-0.15, -0.1) is 0 Å². The van der Waals surface area contributed by atoms with Gasteiger partial charge >= 0.3 is 0 Å². The van der Waals surface area contributed by atoms with Crippen LogP contribution >= 0.6 is 0 Å². The summed E-state index contributed by atoms with van der Waals surface area (Å²) in [6, 6.07) is 4.88. The Kier molecular flexibility index (Phi) is 3.07. The van der Waals surface area contributed by atoms with Crippen LogP contribution in [-0.4, -0.2) is 16.6 Å². The Labute approximate surface area is 101 Å². The van der Waals surface area contributed by atoms with Crippen LogP contribution in [0.1, 0.15) is 31.2 Å². The molecule has 1 aromatic carbocycles.